The second-order valence-corrected chi connectivity index (χ2v) is 5.91. The van der Waals surface area contributed by atoms with Crippen LogP contribution >= 0.6 is 0 Å². The standard InChI is InChI=1S/C20H20N4O5/c1-3-28-15-6-8-19(29-4-2)16(12-15)22-20(25)14-5-7-17(18(11-14)24(26)27)23-10-9-21-13-23/h5-13H,3-4H2,1-2H3,(H,22,25). The predicted octanol–water partition coefficient (Wildman–Crippen LogP) is 3.83. The van der Waals surface area contributed by atoms with Crippen LogP contribution in [0.5, 0.6) is 11.5 Å². The van der Waals surface area contributed by atoms with Crippen LogP contribution in [-0.2, 0) is 0 Å². The molecule has 0 saturated carbocycles. The molecule has 3 rings (SSSR count). The van der Waals surface area contributed by atoms with Gasteiger partial charge in [0.15, 0.2) is 0 Å². The molecule has 9 nitrogen and oxygen atoms in total. The number of carbonyl (C=O) groups excluding carboxylic acids is 1. The number of hydrogen-bond donors (Lipinski definition) is 1. The number of hydrogen-bond acceptors (Lipinski definition) is 6. The molecule has 150 valence electrons. The molecule has 0 saturated heterocycles. The van der Waals surface area contributed by atoms with Gasteiger partial charge in [-0.2, -0.15) is 0 Å². The van der Waals surface area contributed by atoms with E-state index in [1.165, 1.54) is 35.3 Å². The molecule has 0 radical (unpaired) electrons. The number of anilines is 1. The first-order chi connectivity index (χ1) is 14.0. The van der Waals surface area contributed by atoms with E-state index in [9.17, 15) is 14.9 Å². The fourth-order valence-electron chi connectivity index (χ4n) is 2.77. The summed E-state index contributed by atoms with van der Waals surface area (Å²) in [4.78, 5) is 27.6. The van der Waals surface area contributed by atoms with Gasteiger partial charge in [-0.05, 0) is 38.1 Å². The van der Waals surface area contributed by atoms with E-state index in [2.05, 4.69) is 10.3 Å². The molecule has 0 aliphatic heterocycles. The number of amides is 1. The van der Waals surface area contributed by atoms with Crippen LogP contribution in [0.1, 0.15) is 24.2 Å². The molecule has 1 heterocycles. The smallest absolute Gasteiger partial charge is 0.294 e. The van der Waals surface area contributed by atoms with Crippen molar-refractivity contribution in [3.63, 3.8) is 0 Å². The summed E-state index contributed by atoms with van der Waals surface area (Å²) in [6.45, 7) is 4.58. The third kappa shape index (κ3) is 4.52. The van der Waals surface area contributed by atoms with Gasteiger partial charge in [-0.1, -0.05) is 0 Å². The highest BCUT2D eigenvalue weighted by Crippen LogP contribution is 2.31. The highest BCUT2D eigenvalue weighted by atomic mass is 16.6. The van der Waals surface area contributed by atoms with Crippen LogP contribution in [0, 0.1) is 10.1 Å². The molecule has 0 bridgehead atoms. The molecule has 0 atom stereocenters. The average Bonchev–Trinajstić information content (AvgIpc) is 3.24. The second-order valence-electron chi connectivity index (χ2n) is 5.91. The summed E-state index contributed by atoms with van der Waals surface area (Å²) in [5.74, 6) is 0.557. The number of benzene rings is 2. The largest absolute Gasteiger partial charge is 0.494 e. The topological polar surface area (TPSA) is 109 Å². The van der Waals surface area contributed by atoms with Crippen LogP contribution in [-0.4, -0.2) is 33.6 Å². The molecule has 1 amide bonds. The molecule has 2 aromatic carbocycles. The Kier molecular flexibility index (Phi) is 6.08. The Balaban J connectivity index is 1.92. The van der Waals surface area contributed by atoms with Gasteiger partial charge in [-0.15, -0.1) is 0 Å². The van der Waals surface area contributed by atoms with Crippen LogP contribution in [0.2, 0.25) is 0 Å². The van der Waals surface area contributed by atoms with Crippen molar-refractivity contribution >= 4 is 17.3 Å². The van der Waals surface area contributed by atoms with Crippen LogP contribution in [0.4, 0.5) is 11.4 Å². The molecule has 0 aliphatic carbocycles. The number of nitrogens with zero attached hydrogens (tertiary/aromatic N) is 3. The van der Waals surface area contributed by atoms with Crippen LogP contribution in [0.15, 0.2) is 55.1 Å². The van der Waals surface area contributed by atoms with Gasteiger partial charge in [0.05, 0.1) is 30.2 Å². The van der Waals surface area contributed by atoms with Crippen molar-refractivity contribution in [2.24, 2.45) is 0 Å². The summed E-state index contributed by atoms with van der Waals surface area (Å²) in [7, 11) is 0. The first-order valence-corrected chi connectivity index (χ1v) is 9.01. The SMILES string of the molecule is CCOc1ccc(OCC)c(NC(=O)c2ccc(-n3ccnc3)c([N+](=O)[O-])c2)c1. The van der Waals surface area contributed by atoms with Gasteiger partial charge in [0, 0.05) is 30.1 Å². The summed E-state index contributed by atoms with van der Waals surface area (Å²) in [6.07, 6.45) is 4.57. The van der Waals surface area contributed by atoms with Crippen molar-refractivity contribution < 1.29 is 19.2 Å². The number of rotatable bonds is 8. The van der Waals surface area contributed by atoms with Crippen molar-refractivity contribution in [3.05, 3.63) is 70.8 Å². The number of imidazole rings is 1. The summed E-state index contributed by atoms with van der Waals surface area (Å²) < 4.78 is 12.5. The van der Waals surface area contributed by atoms with Crippen molar-refractivity contribution in [2.45, 2.75) is 13.8 Å². The molecular formula is C20H20N4O5. The lowest BCUT2D eigenvalue weighted by atomic mass is 10.1. The second kappa shape index (κ2) is 8.87. The maximum absolute atomic E-state index is 12.8. The minimum Gasteiger partial charge on any atom is -0.494 e. The quantitative estimate of drug-likeness (QED) is 0.458. The van der Waals surface area contributed by atoms with Gasteiger partial charge in [0.2, 0.25) is 0 Å². The van der Waals surface area contributed by atoms with Crippen molar-refractivity contribution in [2.75, 3.05) is 18.5 Å². The van der Waals surface area contributed by atoms with E-state index < -0.39 is 10.8 Å². The van der Waals surface area contributed by atoms with E-state index in [0.29, 0.717) is 36.1 Å². The van der Waals surface area contributed by atoms with E-state index in [1.807, 2.05) is 13.8 Å². The maximum atomic E-state index is 12.8. The lowest BCUT2D eigenvalue weighted by molar-refractivity contribution is -0.384. The van der Waals surface area contributed by atoms with Crippen LogP contribution < -0.4 is 14.8 Å². The van der Waals surface area contributed by atoms with Gasteiger partial charge in [0.25, 0.3) is 11.6 Å². The van der Waals surface area contributed by atoms with Gasteiger partial charge in [-0.3, -0.25) is 14.9 Å². The number of ether oxygens (including phenoxy) is 2. The van der Waals surface area contributed by atoms with E-state index >= 15 is 0 Å². The lowest BCUT2D eigenvalue weighted by Gasteiger charge is -2.14. The lowest BCUT2D eigenvalue weighted by Crippen LogP contribution is -2.14. The van der Waals surface area contributed by atoms with Crippen LogP contribution in [0.3, 0.4) is 0 Å². The maximum Gasteiger partial charge on any atom is 0.294 e. The zero-order chi connectivity index (χ0) is 20.8. The molecule has 1 aromatic heterocycles. The van der Waals surface area contributed by atoms with Gasteiger partial charge < -0.3 is 19.4 Å². The first-order valence-electron chi connectivity index (χ1n) is 9.01. The highest BCUT2D eigenvalue weighted by Gasteiger charge is 2.20. The third-order valence-electron chi connectivity index (χ3n) is 4.03. The molecule has 0 spiro atoms. The average molecular weight is 396 g/mol. The van der Waals surface area contributed by atoms with E-state index in [1.54, 1.807) is 24.4 Å². The van der Waals surface area contributed by atoms with Gasteiger partial charge in [0.1, 0.15) is 17.2 Å². The Morgan fingerprint density at radius 3 is 2.62 bits per heavy atom. The molecule has 3 aromatic rings. The number of aromatic nitrogens is 2. The fraction of sp³-hybridized carbons (Fsp3) is 0.200. The van der Waals surface area contributed by atoms with Gasteiger partial charge in [-0.25, -0.2) is 4.98 Å². The highest BCUT2D eigenvalue weighted by molar-refractivity contribution is 6.05. The number of nitrogens with one attached hydrogen (secondary N) is 1. The van der Waals surface area contributed by atoms with E-state index in [-0.39, 0.29) is 11.3 Å². The summed E-state index contributed by atoms with van der Waals surface area (Å²) in [5.41, 5.74) is 0.676. The Labute approximate surface area is 167 Å². The first kappa shape index (κ1) is 19.9. The minimum atomic E-state index is -0.534. The predicted molar refractivity (Wildman–Crippen MR) is 107 cm³/mol. The molecule has 29 heavy (non-hydrogen) atoms. The number of nitro groups is 1. The van der Waals surface area contributed by atoms with Gasteiger partial charge >= 0.3 is 0 Å². The zero-order valence-electron chi connectivity index (χ0n) is 16.0. The molecule has 0 aliphatic rings. The minimum absolute atomic E-state index is 0.143. The molecule has 0 fully saturated rings. The van der Waals surface area contributed by atoms with Crippen molar-refractivity contribution in [3.8, 4) is 17.2 Å². The van der Waals surface area contributed by atoms with Crippen molar-refractivity contribution in [1.29, 1.82) is 0 Å². The number of carbonyl (C=O) groups is 1. The normalized spacial score (nSPS) is 10.4. The molecule has 9 heteroatoms. The Hall–Kier alpha value is -3.88. The summed E-state index contributed by atoms with van der Waals surface area (Å²) in [6, 6.07) is 9.36. The van der Waals surface area contributed by atoms with E-state index in [0.717, 1.165) is 0 Å². The molecule has 0 unspecified atom stereocenters. The Morgan fingerprint density at radius 2 is 1.97 bits per heavy atom. The molecular weight excluding hydrogens is 376 g/mol. The Bertz CT molecular complexity index is 1020. The van der Waals surface area contributed by atoms with E-state index in [4.69, 9.17) is 9.47 Å². The molecule has 1 N–H and O–H groups in total. The summed E-state index contributed by atoms with van der Waals surface area (Å²) >= 11 is 0. The third-order valence-corrected chi connectivity index (χ3v) is 4.03. The monoisotopic (exact) mass is 396 g/mol. The fourth-order valence-corrected chi connectivity index (χ4v) is 2.77. The summed E-state index contributed by atoms with van der Waals surface area (Å²) in [5, 5.41) is 14.3. The Morgan fingerprint density at radius 1 is 1.17 bits per heavy atom. The van der Waals surface area contributed by atoms with Crippen molar-refractivity contribution in [1.82, 2.24) is 9.55 Å². The number of nitro benzene ring substituents is 1. The zero-order valence-corrected chi connectivity index (χ0v) is 16.0. The van der Waals surface area contributed by atoms with Crippen LogP contribution in [0.25, 0.3) is 5.69 Å².